The summed E-state index contributed by atoms with van der Waals surface area (Å²) in [5.41, 5.74) is 2.89. The van der Waals surface area contributed by atoms with Crippen LogP contribution >= 0.6 is 15.9 Å². The molecule has 4 aromatic rings. The largest absolute Gasteiger partial charge is 0.454 e. The average molecular weight is 532 g/mol. The van der Waals surface area contributed by atoms with Gasteiger partial charge in [-0.25, -0.2) is 4.39 Å². The third kappa shape index (κ3) is 4.77. The highest BCUT2D eigenvalue weighted by molar-refractivity contribution is 9.10. The van der Waals surface area contributed by atoms with E-state index in [1.54, 1.807) is 36.4 Å². The van der Waals surface area contributed by atoms with Crippen LogP contribution in [-0.2, 0) is 17.9 Å². The maximum atomic E-state index is 14.3. The highest BCUT2D eigenvalue weighted by Gasteiger charge is 2.16. The lowest BCUT2D eigenvalue weighted by Gasteiger charge is -2.06. The van der Waals surface area contributed by atoms with Crippen LogP contribution in [0.2, 0.25) is 0 Å². The zero-order valence-electron chi connectivity index (χ0n) is 18.4. The lowest BCUT2D eigenvalue weighted by molar-refractivity contribution is -0.117. The summed E-state index contributed by atoms with van der Waals surface area (Å²) in [5, 5.41) is 13.3. The van der Waals surface area contributed by atoms with E-state index in [2.05, 4.69) is 21.2 Å². The molecule has 0 saturated heterocycles. The Bertz CT molecular complexity index is 1520. The van der Waals surface area contributed by atoms with Gasteiger partial charge in [-0.2, -0.15) is 5.26 Å². The molecule has 1 aromatic heterocycles. The van der Waals surface area contributed by atoms with Gasteiger partial charge >= 0.3 is 0 Å². The molecular formula is C27H19BrFN3O3. The molecule has 8 heteroatoms. The molecule has 0 bridgehead atoms. The van der Waals surface area contributed by atoms with Crippen LogP contribution in [0.15, 0.2) is 76.9 Å². The third-order valence-electron chi connectivity index (χ3n) is 5.73. The Hall–Kier alpha value is -4.09. The SMILES string of the molecule is N#C/C(=C\c1cn(Cc2ccccc2F)c2ccc(Br)cc12)C(=O)NCc1ccc2c(c1)OCO2. The first-order chi connectivity index (χ1) is 17.0. The minimum atomic E-state index is -0.491. The van der Waals surface area contributed by atoms with Gasteiger partial charge in [-0.15, -0.1) is 0 Å². The van der Waals surface area contributed by atoms with E-state index in [9.17, 15) is 14.4 Å². The van der Waals surface area contributed by atoms with Gasteiger partial charge in [0.25, 0.3) is 5.91 Å². The van der Waals surface area contributed by atoms with Gasteiger partial charge in [-0.3, -0.25) is 4.79 Å². The predicted octanol–water partition coefficient (Wildman–Crippen LogP) is 5.54. The van der Waals surface area contributed by atoms with E-state index >= 15 is 0 Å². The molecule has 1 N–H and O–H groups in total. The van der Waals surface area contributed by atoms with Gasteiger partial charge in [0.15, 0.2) is 11.5 Å². The fourth-order valence-corrected chi connectivity index (χ4v) is 4.35. The van der Waals surface area contributed by atoms with Crippen molar-refractivity contribution in [2.75, 3.05) is 6.79 Å². The van der Waals surface area contributed by atoms with E-state index in [4.69, 9.17) is 9.47 Å². The molecule has 1 amide bonds. The smallest absolute Gasteiger partial charge is 0.262 e. The Morgan fingerprint density at radius 3 is 2.80 bits per heavy atom. The highest BCUT2D eigenvalue weighted by atomic mass is 79.9. The summed E-state index contributed by atoms with van der Waals surface area (Å²) in [7, 11) is 0. The number of ether oxygens (including phenoxy) is 2. The van der Waals surface area contributed by atoms with Gasteiger partial charge < -0.3 is 19.4 Å². The van der Waals surface area contributed by atoms with Gasteiger partial charge in [0.05, 0.1) is 6.54 Å². The summed E-state index contributed by atoms with van der Waals surface area (Å²) in [6.07, 6.45) is 3.38. The van der Waals surface area contributed by atoms with Crippen LogP contribution in [0, 0.1) is 17.1 Å². The first kappa shape index (κ1) is 22.7. The molecule has 2 heterocycles. The van der Waals surface area contributed by atoms with Crippen molar-refractivity contribution in [1.82, 2.24) is 9.88 Å². The third-order valence-corrected chi connectivity index (χ3v) is 6.22. The number of fused-ring (bicyclic) bond motifs is 2. The molecule has 35 heavy (non-hydrogen) atoms. The van der Waals surface area contributed by atoms with Gasteiger partial charge in [-0.1, -0.05) is 40.2 Å². The molecule has 0 radical (unpaired) electrons. The van der Waals surface area contributed by atoms with E-state index in [0.717, 1.165) is 20.9 Å². The second-order valence-electron chi connectivity index (χ2n) is 8.01. The Labute approximate surface area is 209 Å². The summed E-state index contributed by atoms with van der Waals surface area (Å²) in [4.78, 5) is 12.8. The van der Waals surface area contributed by atoms with Crippen molar-refractivity contribution in [2.45, 2.75) is 13.1 Å². The molecule has 0 aliphatic carbocycles. The molecule has 1 aliphatic heterocycles. The zero-order chi connectivity index (χ0) is 24.4. The fraction of sp³-hybridized carbons (Fsp3) is 0.111. The Morgan fingerprint density at radius 1 is 1.14 bits per heavy atom. The van der Waals surface area contributed by atoms with Crippen LogP contribution in [0.1, 0.15) is 16.7 Å². The number of halogens is 2. The quantitative estimate of drug-likeness (QED) is 0.261. The number of carbonyl (C=O) groups excluding carboxylic acids is 1. The maximum absolute atomic E-state index is 14.3. The topological polar surface area (TPSA) is 76.3 Å². The number of aromatic nitrogens is 1. The number of benzene rings is 3. The molecule has 5 rings (SSSR count). The molecule has 6 nitrogen and oxygen atoms in total. The number of amides is 1. The Balaban J connectivity index is 1.42. The number of nitrogens with one attached hydrogen (secondary N) is 1. The molecule has 0 unspecified atom stereocenters. The van der Waals surface area contributed by atoms with E-state index in [-0.39, 0.29) is 24.7 Å². The number of hydrogen-bond acceptors (Lipinski definition) is 4. The summed E-state index contributed by atoms with van der Waals surface area (Å²) in [5.74, 6) is 0.510. The number of rotatable bonds is 6. The lowest BCUT2D eigenvalue weighted by Crippen LogP contribution is -2.23. The minimum Gasteiger partial charge on any atom is -0.454 e. The summed E-state index contributed by atoms with van der Waals surface area (Å²) in [6.45, 7) is 0.721. The summed E-state index contributed by atoms with van der Waals surface area (Å²) < 4.78 is 27.7. The van der Waals surface area contributed by atoms with Crippen molar-refractivity contribution < 1.29 is 18.7 Å². The van der Waals surface area contributed by atoms with Crippen molar-refractivity contribution in [3.63, 3.8) is 0 Å². The molecule has 0 spiro atoms. The van der Waals surface area contributed by atoms with Crippen LogP contribution in [0.25, 0.3) is 17.0 Å². The number of nitrogens with zero attached hydrogens (tertiary/aromatic N) is 2. The Morgan fingerprint density at radius 2 is 1.97 bits per heavy atom. The Kier molecular flexibility index (Phi) is 6.25. The molecule has 1 aliphatic rings. The standard InChI is InChI=1S/C27H19BrFN3O3/c28-21-6-7-24-22(11-21)20(15-32(24)14-18-3-1-2-4-23(18)29)10-19(12-30)27(33)31-13-17-5-8-25-26(9-17)35-16-34-25/h1-11,15H,13-14,16H2,(H,31,33)/b19-10+. The van der Waals surface area contributed by atoms with Crippen LogP contribution in [0.5, 0.6) is 11.5 Å². The predicted molar refractivity (Wildman–Crippen MR) is 133 cm³/mol. The lowest BCUT2D eigenvalue weighted by atomic mass is 10.1. The minimum absolute atomic E-state index is 0.0318. The van der Waals surface area contributed by atoms with Crippen molar-refractivity contribution in [3.8, 4) is 17.6 Å². The van der Waals surface area contributed by atoms with Crippen molar-refractivity contribution >= 4 is 38.8 Å². The number of carbonyl (C=O) groups is 1. The van der Waals surface area contributed by atoms with Crippen molar-refractivity contribution in [2.24, 2.45) is 0 Å². The average Bonchev–Trinajstić information content (AvgIpc) is 3.46. The van der Waals surface area contributed by atoms with Crippen LogP contribution in [-0.4, -0.2) is 17.3 Å². The maximum Gasteiger partial charge on any atom is 0.262 e. The second kappa shape index (κ2) is 9.65. The van der Waals surface area contributed by atoms with Gasteiger partial charge in [0.1, 0.15) is 17.5 Å². The molecule has 0 saturated carbocycles. The van der Waals surface area contributed by atoms with E-state index in [1.165, 1.54) is 6.07 Å². The fourth-order valence-electron chi connectivity index (χ4n) is 3.99. The van der Waals surface area contributed by atoms with E-state index < -0.39 is 5.91 Å². The van der Waals surface area contributed by atoms with Crippen LogP contribution in [0.3, 0.4) is 0 Å². The first-order valence-electron chi connectivity index (χ1n) is 10.8. The number of hydrogen-bond donors (Lipinski definition) is 1. The summed E-state index contributed by atoms with van der Waals surface area (Å²) >= 11 is 3.49. The molecule has 0 atom stereocenters. The van der Waals surface area contributed by atoms with Gasteiger partial charge in [-0.05, 0) is 48.0 Å². The molecular weight excluding hydrogens is 513 g/mol. The van der Waals surface area contributed by atoms with E-state index in [0.29, 0.717) is 29.2 Å². The van der Waals surface area contributed by atoms with Crippen LogP contribution < -0.4 is 14.8 Å². The van der Waals surface area contributed by atoms with Gasteiger partial charge in [0.2, 0.25) is 6.79 Å². The zero-order valence-corrected chi connectivity index (χ0v) is 20.0. The highest BCUT2D eigenvalue weighted by Crippen LogP contribution is 2.32. The molecule has 174 valence electrons. The van der Waals surface area contributed by atoms with Crippen molar-refractivity contribution in [1.29, 1.82) is 5.26 Å². The summed E-state index contributed by atoms with van der Waals surface area (Å²) in [6, 6.07) is 19.8. The number of nitriles is 1. The monoisotopic (exact) mass is 531 g/mol. The van der Waals surface area contributed by atoms with Crippen molar-refractivity contribution in [3.05, 3.63) is 99.4 Å². The van der Waals surface area contributed by atoms with Gasteiger partial charge in [0, 0.05) is 39.2 Å². The normalized spacial score (nSPS) is 12.5. The molecule has 0 fully saturated rings. The van der Waals surface area contributed by atoms with Crippen LogP contribution in [0.4, 0.5) is 4.39 Å². The first-order valence-corrected chi connectivity index (χ1v) is 11.6. The second-order valence-corrected chi connectivity index (χ2v) is 8.92. The van der Waals surface area contributed by atoms with E-state index in [1.807, 2.05) is 41.1 Å². The molecule has 3 aromatic carbocycles.